The normalized spacial score (nSPS) is 10.3. The van der Waals surface area contributed by atoms with E-state index in [9.17, 15) is 9.59 Å². The van der Waals surface area contributed by atoms with Crippen molar-refractivity contribution in [2.45, 2.75) is 0 Å². The molecule has 1 aromatic heterocycles. The van der Waals surface area contributed by atoms with Gasteiger partial charge in [0.1, 0.15) is 11.4 Å². The minimum atomic E-state index is -0.524. The van der Waals surface area contributed by atoms with Crippen molar-refractivity contribution in [2.75, 3.05) is 20.0 Å². The molecule has 0 radical (unpaired) electrons. The van der Waals surface area contributed by atoms with Gasteiger partial charge in [-0.15, -0.1) is 0 Å². The summed E-state index contributed by atoms with van der Waals surface area (Å²) >= 11 is 0. The van der Waals surface area contributed by atoms with Crippen LogP contribution in [0.1, 0.15) is 20.7 Å². The van der Waals surface area contributed by atoms with E-state index in [1.165, 1.54) is 14.2 Å². The zero-order valence-electron chi connectivity index (χ0n) is 9.94. The summed E-state index contributed by atoms with van der Waals surface area (Å²) in [7, 11) is 2.58. The summed E-state index contributed by atoms with van der Waals surface area (Å²) < 4.78 is 9.27. The lowest BCUT2D eigenvalue weighted by molar-refractivity contribution is 0.0594. The van der Waals surface area contributed by atoms with Gasteiger partial charge in [-0.2, -0.15) is 0 Å². The highest BCUT2D eigenvalue weighted by molar-refractivity contribution is 6.10. The molecule has 0 unspecified atom stereocenters. The zero-order chi connectivity index (χ0) is 13.3. The fourth-order valence-electron chi connectivity index (χ4n) is 1.79. The van der Waals surface area contributed by atoms with Crippen molar-refractivity contribution >= 4 is 28.7 Å². The number of anilines is 1. The van der Waals surface area contributed by atoms with Gasteiger partial charge in [-0.1, -0.05) is 6.07 Å². The average Bonchev–Trinajstić information content (AvgIpc) is 2.71. The summed E-state index contributed by atoms with van der Waals surface area (Å²) in [6, 6.07) is 4.76. The standard InChI is InChI=1S/C12H12N2O4/c1-17-11(15)6-3-4-7-8(5-6)14-10(13)9(7)12(16)18-2/h3-5,14H,13H2,1-2H3. The summed E-state index contributed by atoms with van der Waals surface area (Å²) in [5, 5.41) is 0.604. The van der Waals surface area contributed by atoms with Crippen molar-refractivity contribution in [1.82, 2.24) is 4.98 Å². The highest BCUT2D eigenvalue weighted by Crippen LogP contribution is 2.26. The van der Waals surface area contributed by atoms with Gasteiger partial charge >= 0.3 is 11.9 Å². The van der Waals surface area contributed by atoms with Crippen LogP contribution in [0.15, 0.2) is 18.2 Å². The van der Waals surface area contributed by atoms with Crippen molar-refractivity contribution < 1.29 is 19.1 Å². The predicted octanol–water partition coefficient (Wildman–Crippen LogP) is 1.32. The summed E-state index contributed by atoms with van der Waals surface area (Å²) in [5.74, 6) is -0.770. The van der Waals surface area contributed by atoms with E-state index in [0.29, 0.717) is 16.5 Å². The molecule has 0 fully saturated rings. The molecule has 1 aromatic carbocycles. The molecule has 1 heterocycles. The number of carbonyl (C=O) groups is 2. The molecule has 0 amide bonds. The number of nitrogens with one attached hydrogen (secondary N) is 1. The van der Waals surface area contributed by atoms with Crippen LogP contribution in [-0.2, 0) is 9.47 Å². The first-order valence-electron chi connectivity index (χ1n) is 5.16. The predicted molar refractivity (Wildman–Crippen MR) is 65.4 cm³/mol. The molecule has 6 heteroatoms. The van der Waals surface area contributed by atoms with Crippen molar-refractivity contribution in [2.24, 2.45) is 0 Å². The molecule has 94 valence electrons. The van der Waals surface area contributed by atoms with E-state index in [1.807, 2.05) is 0 Å². The number of aromatic nitrogens is 1. The molecule has 18 heavy (non-hydrogen) atoms. The Morgan fingerprint density at radius 2 is 1.83 bits per heavy atom. The van der Waals surface area contributed by atoms with Crippen molar-refractivity contribution in [1.29, 1.82) is 0 Å². The number of benzene rings is 1. The van der Waals surface area contributed by atoms with Gasteiger partial charge in [-0.25, -0.2) is 9.59 Å². The molecule has 0 atom stereocenters. The van der Waals surface area contributed by atoms with E-state index >= 15 is 0 Å². The maximum absolute atomic E-state index is 11.6. The fraction of sp³-hybridized carbons (Fsp3) is 0.167. The number of methoxy groups -OCH3 is 2. The minimum absolute atomic E-state index is 0.207. The number of ether oxygens (including phenoxy) is 2. The lowest BCUT2D eigenvalue weighted by Gasteiger charge is -2.00. The van der Waals surface area contributed by atoms with Crippen LogP contribution in [0.3, 0.4) is 0 Å². The Balaban J connectivity index is 2.61. The van der Waals surface area contributed by atoms with Crippen molar-refractivity contribution in [3.05, 3.63) is 29.3 Å². The average molecular weight is 248 g/mol. The largest absolute Gasteiger partial charge is 0.465 e. The molecule has 0 saturated heterocycles. The van der Waals surface area contributed by atoms with E-state index in [-0.39, 0.29) is 11.4 Å². The number of H-pyrrole nitrogens is 1. The number of fused-ring (bicyclic) bond motifs is 1. The van der Waals surface area contributed by atoms with Gasteiger partial charge in [0.15, 0.2) is 0 Å². The number of hydrogen-bond acceptors (Lipinski definition) is 5. The molecule has 0 aliphatic carbocycles. The smallest absolute Gasteiger partial charge is 0.342 e. The van der Waals surface area contributed by atoms with Crippen LogP contribution in [0, 0.1) is 0 Å². The third-order valence-electron chi connectivity index (χ3n) is 2.64. The maximum atomic E-state index is 11.6. The van der Waals surface area contributed by atoms with E-state index in [2.05, 4.69) is 14.5 Å². The van der Waals surface area contributed by atoms with Crippen molar-refractivity contribution in [3.63, 3.8) is 0 Å². The number of nitrogen functional groups attached to an aromatic ring is 1. The Morgan fingerprint density at radius 1 is 1.17 bits per heavy atom. The van der Waals surface area contributed by atoms with Gasteiger partial charge in [-0.05, 0) is 12.1 Å². The lowest BCUT2D eigenvalue weighted by atomic mass is 10.1. The number of carbonyl (C=O) groups excluding carboxylic acids is 2. The number of aromatic amines is 1. The quantitative estimate of drug-likeness (QED) is 0.781. The molecule has 6 nitrogen and oxygen atoms in total. The van der Waals surface area contributed by atoms with Gasteiger partial charge in [-0.3, -0.25) is 0 Å². The molecule has 0 bridgehead atoms. The van der Waals surface area contributed by atoms with Crippen LogP contribution < -0.4 is 5.73 Å². The molecule has 0 aliphatic rings. The van der Waals surface area contributed by atoms with Crippen LogP contribution in [0.4, 0.5) is 5.82 Å². The van der Waals surface area contributed by atoms with Gasteiger partial charge in [0.05, 0.1) is 19.8 Å². The Morgan fingerprint density at radius 3 is 2.44 bits per heavy atom. The Bertz CT molecular complexity index is 630. The van der Waals surface area contributed by atoms with E-state index < -0.39 is 11.9 Å². The number of rotatable bonds is 2. The number of hydrogen-bond donors (Lipinski definition) is 2. The van der Waals surface area contributed by atoms with Crippen molar-refractivity contribution in [3.8, 4) is 0 Å². The molecular weight excluding hydrogens is 236 g/mol. The monoisotopic (exact) mass is 248 g/mol. The third kappa shape index (κ3) is 1.77. The molecule has 2 rings (SSSR count). The van der Waals surface area contributed by atoms with Gasteiger partial charge < -0.3 is 20.2 Å². The topological polar surface area (TPSA) is 94.4 Å². The van der Waals surface area contributed by atoms with Crippen LogP contribution in [-0.4, -0.2) is 31.1 Å². The third-order valence-corrected chi connectivity index (χ3v) is 2.64. The maximum Gasteiger partial charge on any atom is 0.342 e. The van der Waals surface area contributed by atoms with Crippen LogP contribution in [0.2, 0.25) is 0 Å². The first-order valence-corrected chi connectivity index (χ1v) is 5.16. The SMILES string of the molecule is COC(=O)c1ccc2c(C(=O)OC)c(N)[nH]c2c1. The van der Waals surface area contributed by atoms with E-state index in [0.717, 1.165) is 0 Å². The Labute approximate surface area is 103 Å². The second kappa shape index (κ2) is 4.40. The summed E-state index contributed by atoms with van der Waals surface area (Å²) in [6.45, 7) is 0. The zero-order valence-corrected chi connectivity index (χ0v) is 9.94. The van der Waals surface area contributed by atoms with Gasteiger partial charge in [0.2, 0.25) is 0 Å². The molecule has 0 aliphatic heterocycles. The molecular formula is C12H12N2O4. The molecule has 0 saturated carbocycles. The van der Waals surface area contributed by atoms with Gasteiger partial charge in [0.25, 0.3) is 0 Å². The van der Waals surface area contributed by atoms with E-state index in [1.54, 1.807) is 18.2 Å². The first-order chi connectivity index (χ1) is 8.58. The van der Waals surface area contributed by atoms with Crippen LogP contribution in [0.25, 0.3) is 10.9 Å². The Hall–Kier alpha value is -2.50. The summed E-state index contributed by atoms with van der Waals surface area (Å²) in [6.07, 6.45) is 0. The second-order valence-electron chi connectivity index (χ2n) is 3.66. The number of esters is 2. The fourth-order valence-corrected chi connectivity index (χ4v) is 1.79. The second-order valence-corrected chi connectivity index (χ2v) is 3.66. The Kier molecular flexibility index (Phi) is 2.93. The summed E-state index contributed by atoms with van der Waals surface area (Å²) in [4.78, 5) is 25.8. The van der Waals surface area contributed by atoms with Gasteiger partial charge in [0, 0.05) is 10.9 Å². The molecule has 2 aromatic rings. The van der Waals surface area contributed by atoms with E-state index in [4.69, 9.17) is 5.73 Å². The first kappa shape index (κ1) is 12.0. The van der Waals surface area contributed by atoms with Crippen LogP contribution in [0.5, 0.6) is 0 Å². The van der Waals surface area contributed by atoms with Crippen LogP contribution >= 0.6 is 0 Å². The highest BCUT2D eigenvalue weighted by Gasteiger charge is 2.18. The molecule has 3 N–H and O–H groups in total. The summed E-state index contributed by atoms with van der Waals surface area (Å²) in [5.41, 5.74) is 6.94. The lowest BCUT2D eigenvalue weighted by Crippen LogP contribution is -2.04. The number of nitrogens with two attached hydrogens (primary N) is 1. The molecule has 0 spiro atoms. The highest BCUT2D eigenvalue weighted by atomic mass is 16.5. The minimum Gasteiger partial charge on any atom is -0.465 e.